The smallest absolute Gasteiger partial charge is 0.156 e. The second-order valence-electron chi connectivity index (χ2n) is 6.00. The van der Waals surface area contributed by atoms with Crippen LogP contribution in [0, 0.1) is 0 Å². The van der Waals surface area contributed by atoms with Crippen LogP contribution in [0.5, 0.6) is 0 Å². The number of hydrogen-bond acceptors (Lipinski definition) is 7. The summed E-state index contributed by atoms with van der Waals surface area (Å²) in [5.74, 6) is 0.462. The van der Waals surface area contributed by atoms with Gasteiger partial charge in [-0.1, -0.05) is 10.3 Å². The van der Waals surface area contributed by atoms with E-state index >= 15 is 0 Å². The number of aliphatic hydroxyl groups excluding tert-OH is 1. The molecule has 0 fully saturated rings. The molecule has 2 atom stereocenters. The Kier molecular flexibility index (Phi) is 7.78. The van der Waals surface area contributed by atoms with Crippen molar-refractivity contribution in [3.63, 3.8) is 0 Å². The van der Waals surface area contributed by atoms with Gasteiger partial charge in [0.25, 0.3) is 0 Å². The molecule has 0 aliphatic carbocycles. The molecule has 0 radical (unpaired) electrons. The Morgan fingerprint density at radius 3 is 1.75 bits per heavy atom. The van der Waals surface area contributed by atoms with Crippen molar-refractivity contribution in [1.29, 1.82) is 0 Å². The van der Waals surface area contributed by atoms with Crippen LogP contribution in [0.2, 0.25) is 0 Å². The predicted octanol–water partition coefficient (Wildman–Crippen LogP) is 3.91. The van der Waals surface area contributed by atoms with Crippen molar-refractivity contribution in [1.82, 2.24) is 9.97 Å². The van der Waals surface area contributed by atoms with E-state index in [0.29, 0.717) is 12.3 Å². The van der Waals surface area contributed by atoms with Crippen LogP contribution in [0.15, 0.2) is 55.9 Å². The minimum Gasteiger partial charge on any atom is -0.392 e. The summed E-state index contributed by atoms with van der Waals surface area (Å²) in [6, 6.07) is 7.60. The van der Waals surface area contributed by atoms with Gasteiger partial charge in [-0.25, -0.2) is 0 Å². The topological polar surface area (TPSA) is 89.2 Å². The molecule has 1 N–H and O–H groups in total. The molecule has 4 heterocycles. The molecule has 2 aromatic heterocycles. The van der Waals surface area contributed by atoms with Crippen LogP contribution >= 0.6 is 43.5 Å². The summed E-state index contributed by atoms with van der Waals surface area (Å²) in [6.45, 7) is -0.0104. The monoisotopic (exact) mass is 530 g/mol. The minimum absolute atomic E-state index is 0.00267. The SMILES string of the molecule is ClC[C@H]1CC(c2ccc(Br)cn2)=NO1.OCC1CC(c2ccc(Br)cn2)=NO1. The largest absolute Gasteiger partial charge is 0.392 e. The lowest BCUT2D eigenvalue weighted by Gasteiger charge is -2.01. The van der Waals surface area contributed by atoms with Crippen LogP contribution < -0.4 is 0 Å². The quantitative estimate of drug-likeness (QED) is 0.604. The van der Waals surface area contributed by atoms with Crippen LogP contribution in [0.4, 0.5) is 0 Å². The summed E-state index contributed by atoms with van der Waals surface area (Å²) >= 11 is 12.3. The van der Waals surface area contributed by atoms with E-state index in [1.165, 1.54) is 0 Å². The molecule has 10 heteroatoms. The lowest BCUT2D eigenvalue weighted by molar-refractivity contribution is 0.0390. The van der Waals surface area contributed by atoms with Crippen molar-refractivity contribution in [2.24, 2.45) is 10.3 Å². The number of pyridine rings is 2. The molecule has 2 aromatic rings. The van der Waals surface area contributed by atoms with Gasteiger partial charge in [0.1, 0.15) is 17.5 Å². The normalized spacial score (nSPS) is 20.4. The Morgan fingerprint density at radius 2 is 1.39 bits per heavy atom. The van der Waals surface area contributed by atoms with Crippen LogP contribution in [-0.4, -0.2) is 51.2 Å². The number of aromatic nitrogens is 2. The molecule has 0 bridgehead atoms. The number of alkyl halides is 1. The number of halogens is 3. The summed E-state index contributed by atoms with van der Waals surface area (Å²) in [7, 11) is 0. The molecule has 7 nitrogen and oxygen atoms in total. The first-order valence-corrected chi connectivity index (χ1v) is 10.6. The summed E-state index contributed by atoms with van der Waals surface area (Å²) in [6.07, 6.45) is 4.59. The molecule has 1 unspecified atom stereocenters. The van der Waals surface area contributed by atoms with Gasteiger partial charge in [0, 0.05) is 34.2 Å². The highest BCUT2D eigenvalue weighted by atomic mass is 79.9. The van der Waals surface area contributed by atoms with E-state index in [4.69, 9.17) is 26.4 Å². The van der Waals surface area contributed by atoms with E-state index in [9.17, 15) is 0 Å². The Balaban J connectivity index is 0.000000161. The third-order valence-electron chi connectivity index (χ3n) is 3.89. The van der Waals surface area contributed by atoms with Crippen LogP contribution in [0.1, 0.15) is 24.2 Å². The zero-order valence-corrected chi connectivity index (χ0v) is 18.6. The van der Waals surface area contributed by atoms with Crippen LogP contribution in [0.25, 0.3) is 0 Å². The molecular weight excluding hydrogens is 515 g/mol. The lowest BCUT2D eigenvalue weighted by atomic mass is 10.1. The zero-order chi connectivity index (χ0) is 19.9. The highest BCUT2D eigenvalue weighted by Crippen LogP contribution is 2.18. The van der Waals surface area contributed by atoms with Crippen molar-refractivity contribution in [2.75, 3.05) is 12.5 Å². The van der Waals surface area contributed by atoms with E-state index in [2.05, 4.69) is 52.1 Å². The first-order valence-electron chi connectivity index (χ1n) is 8.45. The Bertz CT molecular complexity index is 775. The average Bonchev–Trinajstić information content (AvgIpc) is 3.39. The third-order valence-corrected chi connectivity index (χ3v) is 5.17. The summed E-state index contributed by atoms with van der Waals surface area (Å²) < 4.78 is 1.88. The maximum Gasteiger partial charge on any atom is 0.156 e. The summed E-state index contributed by atoms with van der Waals surface area (Å²) in [5, 5.41) is 16.7. The van der Waals surface area contributed by atoms with Gasteiger partial charge in [-0.2, -0.15) is 0 Å². The zero-order valence-electron chi connectivity index (χ0n) is 14.6. The van der Waals surface area contributed by atoms with Crippen LogP contribution in [0.3, 0.4) is 0 Å². The number of rotatable bonds is 4. The Morgan fingerprint density at radius 1 is 0.893 bits per heavy atom. The van der Waals surface area contributed by atoms with E-state index in [1.54, 1.807) is 12.4 Å². The minimum atomic E-state index is -0.213. The first-order chi connectivity index (χ1) is 13.6. The molecule has 2 aliphatic rings. The van der Waals surface area contributed by atoms with Gasteiger partial charge >= 0.3 is 0 Å². The van der Waals surface area contributed by atoms with Gasteiger partial charge in [-0.15, -0.1) is 11.6 Å². The van der Waals surface area contributed by atoms with Gasteiger partial charge in [0.05, 0.1) is 23.9 Å². The molecule has 4 rings (SSSR count). The van der Waals surface area contributed by atoms with Crippen LogP contribution in [-0.2, 0) is 9.68 Å². The molecule has 0 aromatic carbocycles. The molecule has 0 saturated carbocycles. The second-order valence-corrected chi connectivity index (χ2v) is 8.14. The summed E-state index contributed by atoms with van der Waals surface area (Å²) in [4.78, 5) is 18.5. The fraction of sp³-hybridized carbons (Fsp3) is 0.333. The standard InChI is InChI=1S/C9H8BrClN2O.C9H9BrN2O2/c10-6-1-2-8(12-5-6)9-3-7(4-11)14-13-9;10-6-1-2-8(11-4-6)9-3-7(5-13)14-12-9/h1-2,5,7H,3-4H2;1-2,4,7,13H,3,5H2/t7-;/m1./s1. The van der Waals surface area contributed by atoms with Crippen molar-refractivity contribution in [3.8, 4) is 0 Å². The highest BCUT2D eigenvalue weighted by molar-refractivity contribution is 9.10. The molecule has 0 spiro atoms. The Labute approximate surface area is 184 Å². The van der Waals surface area contributed by atoms with E-state index in [1.807, 2.05) is 24.3 Å². The highest BCUT2D eigenvalue weighted by Gasteiger charge is 2.22. The van der Waals surface area contributed by atoms with Crippen molar-refractivity contribution >= 4 is 54.9 Å². The summed E-state index contributed by atoms with van der Waals surface area (Å²) in [5.41, 5.74) is 3.30. The average molecular weight is 533 g/mol. The fourth-order valence-corrected chi connectivity index (χ4v) is 3.07. The lowest BCUT2D eigenvalue weighted by Crippen LogP contribution is -2.13. The number of hydrogen-bond donors (Lipinski definition) is 1. The first kappa shape index (κ1) is 21.2. The molecular formula is C18H17Br2ClN4O3. The maximum absolute atomic E-state index is 8.85. The molecule has 0 amide bonds. The van der Waals surface area contributed by atoms with E-state index in [0.717, 1.165) is 38.2 Å². The second kappa shape index (κ2) is 10.3. The maximum atomic E-state index is 8.85. The van der Waals surface area contributed by atoms with E-state index < -0.39 is 0 Å². The number of aliphatic hydroxyl groups is 1. The molecule has 2 aliphatic heterocycles. The number of nitrogens with zero attached hydrogens (tertiary/aromatic N) is 4. The van der Waals surface area contributed by atoms with Crippen molar-refractivity contribution < 1.29 is 14.8 Å². The van der Waals surface area contributed by atoms with E-state index in [-0.39, 0.29) is 18.8 Å². The van der Waals surface area contributed by atoms with Gasteiger partial charge in [-0.05, 0) is 56.1 Å². The van der Waals surface area contributed by atoms with Gasteiger partial charge < -0.3 is 14.8 Å². The van der Waals surface area contributed by atoms with Gasteiger partial charge in [-0.3, -0.25) is 9.97 Å². The predicted molar refractivity (Wildman–Crippen MR) is 114 cm³/mol. The Hall–Kier alpha value is -1.55. The van der Waals surface area contributed by atoms with Crippen molar-refractivity contribution in [2.45, 2.75) is 25.0 Å². The fourth-order valence-electron chi connectivity index (χ4n) is 2.43. The van der Waals surface area contributed by atoms with Gasteiger partial charge in [0.2, 0.25) is 0 Å². The number of oxime groups is 2. The third kappa shape index (κ3) is 5.73. The molecule has 148 valence electrons. The molecule has 28 heavy (non-hydrogen) atoms. The molecule has 0 saturated heterocycles. The van der Waals surface area contributed by atoms with Crippen molar-refractivity contribution in [3.05, 3.63) is 57.0 Å². The van der Waals surface area contributed by atoms with Gasteiger partial charge in [0.15, 0.2) is 6.10 Å².